The summed E-state index contributed by atoms with van der Waals surface area (Å²) in [5, 5.41) is 12.9. The maximum atomic E-state index is 6.41. The van der Waals surface area contributed by atoms with Crippen molar-refractivity contribution in [3.05, 3.63) is 120 Å². The van der Waals surface area contributed by atoms with E-state index in [1.807, 2.05) is 0 Å². The van der Waals surface area contributed by atoms with E-state index >= 15 is 0 Å². The lowest BCUT2D eigenvalue weighted by atomic mass is 9.92. The first-order chi connectivity index (χ1) is 16.4. The molecule has 1 nitrogen and oxygen atoms in total. The SMILES string of the molecule is c1ccc2c(COCc3ccc4ccc5cccc6ccc3c4c56)c3ccccc3cc2c1. The van der Waals surface area contributed by atoms with Gasteiger partial charge in [0.1, 0.15) is 0 Å². The highest BCUT2D eigenvalue weighted by Gasteiger charge is 2.12. The van der Waals surface area contributed by atoms with E-state index in [0.717, 1.165) is 0 Å². The van der Waals surface area contributed by atoms with Crippen molar-refractivity contribution in [1.82, 2.24) is 0 Å². The lowest BCUT2D eigenvalue weighted by molar-refractivity contribution is 0.109. The van der Waals surface area contributed by atoms with Crippen LogP contribution in [0.15, 0.2) is 109 Å². The van der Waals surface area contributed by atoms with Gasteiger partial charge >= 0.3 is 0 Å². The van der Waals surface area contributed by atoms with Crippen LogP contribution < -0.4 is 0 Å². The van der Waals surface area contributed by atoms with Crippen molar-refractivity contribution in [3.63, 3.8) is 0 Å². The molecule has 0 unspecified atom stereocenters. The molecule has 0 N–H and O–H groups in total. The molecule has 0 atom stereocenters. The van der Waals surface area contributed by atoms with Crippen LogP contribution in [0.1, 0.15) is 11.1 Å². The monoisotopic (exact) mass is 422 g/mol. The van der Waals surface area contributed by atoms with Gasteiger partial charge in [0.25, 0.3) is 0 Å². The van der Waals surface area contributed by atoms with E-state index < -0.39 is 0 Å². The molecule has 0 aliphatic heterocycles. The Kier molecular flexibility index (Phi) is 4.12. The van der Waals surface area contributed by atoms with Crippen molar-refractivity contribution in [3.8, 4) is 0 Å². The van der Waals surface area contributed by atoms with Crippen LogP contribution in [0.25, 0.3) is 53.9 Å². The summed E-state index contributed by atoms with van der Waals surface area (Å²) in [7, 11) is 0. The van der Waals surface area contributed by atoms with Gasteiger partial charge in [-0.3, -0.25) is 0 Å². The van der Waals surface area contributed by atoms with Crippen molar-refractivity contribution in [2.45, 2.75) is 13.2 Å². The fraction of sp³-hybridized carbons (Fsp3) is 0.0625. The second-order valence-corrected chi connectivity index (χ2v) is 8.87. The van der Waals surface area contributed by atoms with E-state index in [-0.39, 0.29) is 0 Å². The predicted molar refractivity (Wildman–Crippen MR) is 140 cm³/mol. The summed E-state index contributed by atoms with van der Waals surface area (Å²) in [5.41, 5.74) is 2.51. The lowest BCUT2D eigenvalue weighted by Gasteiger charge is -2.15. The third-order valence-corrected chi connectivity index (χ3v) is 7.01. The average molecular weight is 423 g/mol. The minimum Gasteiger partial charge on any atom is -0.372 e. The number of hydrogen-bond acceptors (Lipinski definition) is 1. The summed E-state index contributed by atoms with van der Waals surface area (Å²) in [6.45, 7) is 1.18. The molecular formula is C32H22O. The Bertz CT molecular complexity index is 1720. The summed E-state index contributed by atoms with van der Waals surface area (Å²) in [6.07, 6.45) is 0. The Morgan fingerprint density at radius 3 is 1.73 bits per heavy atom. The topological polar surface area (TPSA) is 9.23 Å². The smallest absolute Gasteiger partial charge is 0.0733 e. The van der Waals surface area contributed by atoms with Crippen LogP contribution in [0.5, 0.6) is 0 Å². The van der Waals surface area contributed by atoms with E-state index in [4.69, 9.17) is 4.74 Å². The molecule has 0 saturated carbocycles. The van der Waals surface area contributed by atoms with Crippen LogP contribution in [0.2, 0.25) is 0 Å². The fourth-order valence-electron chi connectivity index (χ4n) is 5.45. The van der Waals surface area contributed by atoms with E-state index in [1.165, 1.54) is 65.0 Å². The minimum atomic E-state index is 0.587. The summed E-state index contributed by atoms with van der Waals surface area (Å²) in [4.78, 5) is 0. The molecule has 0 bridgehead atoms. The zero-order valence-electron chi connectivity index (χ0n) is 18.2. The Labute approximate surface area is 192 Å². The normalized spacial score (nSPS) is 12.0. The molecule has 156 valence electrons. The summed E-state index contributed by atoms with van der Waals surface area (Å²) in [6, 6.07) is 39.5. The molecule has 7 aromatic carbocycles. The van der Waals surface area contributed by atoms with Gasteiger partial charge in [-0.25, -0.2) is 0 Å². The van der Waals surface area contributed by atoms with Crippen LogP contribution in [-0.2, 0) is 18.0 Å². The third-order valence-electron chi connectivity index (χ3n) is 7.01. The molecule has 7 rings (SSSR count). The Balaban J connectivity index is 1.30. The quantitative estimate of drug-likeness (QED) is 0.204. The van der Waals surface area contributed by atoms with Crippen LogP contribution in [-0.4, -0.2) is 0 Å². The van der Waals surface area contributed by atoms with Gasteiger partial charge in [-0.05, 0) is 71.1 Å². The molecule has 0 fully saturated rings. The molecule has 7 aromatic rings. The molecule has 0 aliphatic carbocycles. The number of benzene rings is 7. The highest BCUT2D eigenvalue weighted by atomic mass is 16.5. The van der Waals surface area contributed by atoms with Crippen molar-refractivity contribution < 1.29 is 4.74 Å². The lowest BCUT2D eigenvalue weighted by Crippen LogP contribution is -1.98. The highest BCUT2D eigenvalue weighted by molar-refractivity contribution is 6.23. The summed E-state index contributed by atoms with van der Waals surface area (Å²) >= 11 is 0. The maximum Gasteiger partial charge on any atom is 0.0733 e. The van der Waals surface area contributed by atoms with Crippen LogP contribution in [0, 0.1) is 0 Å². The highest BCUT2D eigenvalue weighted by Crippen LogP contribution is 2.36. The maximum absolute atomic E-state index is 6.41. The first kappa shape index (κ1) is 18.6. The van der Waals surface area contributed by atoms with Gasteiger partial charge in [-0.1, -0.05) is 103 Å². The minimum absolute atomic E-state index is 0.587. The van der Waals surface area contributed by atoms with Crippen LogP contribution >= 0.6 is 0 Å². The molecule has 0 amide bonds. The number of hydrogen-bond donors (Lipinski definition) is 0. The molecule has 0 radical (unpaired) electrons. The summed E-state index contributed by atoms with van der Waals surface area (Å²) in [5.74, 6) is 0. The first-order valence-corrected chi connectivity index (χ1v) is 11.5. The Hall–Kier alpha value is -3.94. The Morgan fingerprint density at radius 1 is 0.424 bits per heavy atom. The van der Waals surface area contributed by atoms with Crippen LogP contribution in [0.3, 0.4) is 0 Å². The molecule has 1 heteroatoms. The molecule has 0 saturated heterocycles. The number of rotatable bonds is 4. The van der Waals surface area contributed by atoms with Gasteiger partial charge in [0.15, 0.2) is 0 Å². The predicted octanol–water partition coefficient (Wildman–Crippen LogP) is 8.61. The van der Waals surface area contributed by atoms with Crippen molar-refractivity contribution in [2.24, 2.45) is 0 Å². The van der Waals surface area contributed by atoms with Gasteiger partial charge in [0, 0.05) is 0 Å². The molecule has 0 spiro atoms. The van der Waals surface area contributed by atoms with E-state index in [2.05, 4.69) is 109 Å². The van der Waals surface area contributed by atoms with Gasteiger partial charge in [-0.15, -0.1) is 0 Å². The largest absolute Gasteiger partial charge is 0.372 e. The second-order valence-electron chi connectivity index (χ2n) is 8.87. The van der Waals surface area contributed by atoms with Gasteiger partial charge < -0.3 is 4.74 Å². The Morgan fingerprint density at radius 2 is 1.00 bits per heavy atom. The summed E-state index contributed by atoms with van der Waals surface area (Å²) < 4.78 is 6.41. The number of fused-ring (bicyclic) bond motifs is 2. The average Bonchev–Trinajstić information content (AvgIpc) is 2.87. The van der Waals surface area contributed by atoms with E-state index in [9.17, 15) is 0 Å². The van der Waals surface area contributed by atoms with Crippen LogP contribution in [0.4, 0.5) is 0 Å². The fourth-order valence-corrected chi connectivity index (χ4v) is 5.45. The second kappa shape index (κ2) is 7.30. The van der Waals surface area contributed by atoms with E-state index in [1.54, 1.807) is 0 Å². The van der Waals surface area contributed by atoms with Gasteiger partial charge in [0.2, 0.25) is 0 Å². The zero-order chi connectivity index (χ0) is 21.8. The molecule has 0 heterocycles. The van der Waals surface area contributed by atoms with Gasteiger partial charge in [0.05, 0.1) is 13.2 Å². The third kappa shape index (κ3) is 2.90. The number of ether oxygens (including phenoxy) is 1. The molecular weight excluding hydrogens is 400 g/mol. The molecule has 33 heavy (non-hydrogen) atoms. The van der Waals surface area contributed by atoms with Crippen molar-refractivity contribution >= 4 is 53.9 Å². The van der Waals surface area contributed by atoms with E-state index in [0.29, 0.717) is 13.2 Å². The van der Waals surface area contributed by atoms with Crippen molar-refractivity contribution in [2.75, 3.05) is 0 Å². The first-order valence-electron chi connectivity index (χ1n) is 11.5. The molecule has 0 aromatic heterocycles. The molecule has 0 aliphatic rings. The van der Waals surface area contributed by atoms with Crippen molar-refractivity contribution in [1.29, 1.82) is 0 Å². The van der Waals surface area contributed by atoms with Gasteiger partial charge in [-0.2, -0.15) is 0 Å². The zero-order valence-corrected chi connectivity index (χ0v) is 18.2. The standard InChI is InChI=1S/C32H22O/c1-3-10-27-24(6-1)18-25-7-2-4-11-28(25)30(27)20-33-19-26-15-14-23-13-12-21-8-5-9-22-16-17-29(26)32(23)31(21)22/h1-18H,19-20H2.